The molecule has 2 N–H and O–H groups in total. The first-order valence-corrected chi connectivity index (χ1v) is 7.58. The number of hydrogen-bond donors (Lipinski definition) is 2. The Morgan fingerprint density at radius 2 is 1.54 bits per heavy atom. The molecule has 0 aliphatic carbocycles. The molecule has 1 aromatic heterocycles. The van der Waals surface area contributed by atoms with Gasteiger partial charge in [-0.3, -0.25) is 14.2 Å². The molecule has 2 aromatic carbocycles. The van der Waals surface area contributed by atoms with Crippen molar-refractivity contribution in [1.82, 2.24) is 9.55 Å². The standard InChI is InChI=1S/C18H13F2N3O3/c19-12-3-1-11(2-4-12)10-23-17(25)15(9-21-18(23)26)16(24)22-14-7-5-13(20)6-8-14/h1-9H,10H2,(H,21,26)(H,22,24). The van der Waals surface area contributed by atoms with Gasteiger partial charge in [0.2, 0.25) is 0 Å². The quantitative estimate of drug-likeness (QED) is 0.750. The third-order valence-corrected chi connectivity index (χ3v) is 3.66. The van der Waals surface area contributed by atoms with Gasteiger partial charge in [-0.1, -0.05) is 12.1 Å². The number of nitrogens with one attached hydrogen (secondary N) is 2. The highest BCUT2D eigenvalue weighted by molar-refractivity contribution is 6.03. The highest BCUT2D eigenvalue weighted by Gasteiger charge is 2.15. The van der Waals surface area contributed by atoms with Gasteiger partial charge in [0.15, 0.2) is 0 Å². The van der Waals surface area contributed by atoms with Crippen LogP contribution in [-0.4, -0.2) is 15.5 Å². The molecular formula is C18H13F2N3O3. The summed E-state index contributed by atoms with van der Waals surface area (Å²) >= 11 is 0. The maximum Gasteiger partial charge on any atom is 0.328 e. The number of anilines is 1. The average Bonchev–Trinajstić information content (AvgIpc) is 2.62. The van der Waals surface area contributed by atoms with Gasteiger partial charge in [0.1, 0.15) is 17.2 Å². The molecule has 26 heavy (non-hydrogen) atoms. The van der Waals surface area contributed by atoms with Crippen LogP contribution in [0.2, 0.25) is 0 Å². The Hall–Kier alpha value is -3.55. The SMILES string of the molecule is O=C(Nc1ccc(F)cc1)c1c[nH]c(=O)n(Cc2ccc(F)cc2)c1=O. The molecule has 0 radical (unpaired) electrons. The zero-order valence-electron chi connectivity index (χ0n) is 13.3. The van der Waals surface area contributed by atoms with Crippen LogP contribution in [0.5, 0.6) is 0 Å². The Morgan fingerprint density at radius 3 is 2.15 bits per heavy atom. The molecule has 3 rings (SSSR count). The van der Waals surface area contributed by atoms with Crippen LogP contribution in [0.25, 0.3) is 0 Å². The van der Waals surface area contributed by atoms with E-state index in [4.69, 9.17) is 0 Å². The fourth-order valence-electron chi connectivity index (χ4n) is 2.32. The van der Waals surface area contributed by atoms with Gasteiger partial charge in [-0.2, -0.15) is 0 Å². The molecule has 0 saturated heterocycles. The number of hydrogen-bond acceptors (Lipinski definition) is 3. The Morgan fingerprint density at radius 1 is 0.962 bits per heavy atom. The van der Waals surface area contributed by atoms with E-state index in [1.54, 1.807) is 0 Å². The second-order valence-corrected chi connectivity index (χ2v) is 5.49. The predicted molar refractivity (Wildman–Crippen MR) is 91.2 cm³/mol. The lowest BCUT2D eigenvalue weighted by Gasteiger charge is -2.08. The Bertz CT molecular complexity index is 1050. The first-order chi connectivity index (χ1) is 12.4. The molecule has 0 fully saturated rings. The molecule has 132 valence electrons. The minimum atomic E-state index is -0.794. The maximum atomic E-state index is 13.0. The van der Waals surface area contributed by atoms with Crippen LogP contribution in [-0.2, 0) is 6.54 Å². The average molecular weight is 357 g/mol. The van der Waals surface area contributed by atoms with Gasteiger partial charge >= 0.3 is 5.69 Å². The number of halogens is 2. The molecule has 1 amide bonds. The second-order valence-electron chi connectivity index (χ2n) is 5.49. The van der Waals surface area contributed by atoms with E-state index in [1.165, 1.54) is 36.4 Å². The van der Waals surface area contributed by atoms with Gasteiger partial charge in [-0.15, -0.1) is 0 Å². The van der Waals surface area contributed by atoms with E-state index < -0.39 is 28.8 Å². The van der Waals surface area contributed by atoms with E-state index in [0.29, 0.717) is 11.3 Å². The number of rotatable bonds is 4. The fraction of sp³-hybridized carbons (Fsp3) is 0.0556. The summed E-state index contributed by atoms with van der Waals surface area (Å²) in [6.07, 6.45) is 1.02. The van der Waals surface area contributed by atoms with Crippen molar-refractivity contribution >= 4 is 11.6 Å². The number of carbonyl (C=O) groups is 1. The van der Waals surface area contributed by atoms with Crippen LogP contribution < -0.4 is 16.6 Å². The van der Waals surface area contributed by atoms with E-state index in [1.807, 2.05) is 0 Å². The van der Waals surface area contributed by atoms with E-state index in [2.05, 4.69) is 10.3 Å². The summed E-state index contributed by atoms with van der Waals surface area (Å²) in [6.45, 7) is -0.119. The van der Waals surface area contributed by atoms with Crippen molar-refractivity contribution in [3.05, 3.63) is 98.3 Å². The summed E-state index contributed by atoms with van der Waals surface area (Å²) in [5.41, 5.74) is -0.950. The molecule has 0 aliphatic rings. The lowest BCUT2D eigenvalue weighted by Crippen LogP contribution is -2.39. The van der Waals surface area contributed by atoms with E-state index in [0.717, 1.165) is 22.9 Å². The third kappa shape index (κ3) is 3.75. The van der Waals surface area contributed by atoms with Crippen molar-refractivity contribution in [2.24, 2.45) is 0 Å². The predicted octanol–water partition coefficient (Wildman–Crippen LogP) is 2.12. The van der Waals surface area contributed by atoms with Gasteiger partial charge in [-0.25, -0.2) is 13.6 Å². The first kappa shape index (κ1) is 17.3. The molecular weight excluding hydrogens is 344 g/mol. The minimum Gasteiger partial charge on any atom is -0.322 e. The monoisotopic (exact) mass is 357 g/mol. The maximum absolute atomic E-state index is 13.0. The summed E-state index contributed by atoms with van der Waals surface area (Å²) in [5.74, 6) is -1.65. The molecule has 6 nitrogen and oxygen atoms in total. The van der Waals surface area contributed by atoms with Crippen molar-refractivity contribution in [3.8, 4) is 0 Å². The second kappa shape index (κ2) is 7.14. The van der Waals surface area contributed by atoms with Crippen LogP contribution in [0.3, 0.4) is 0 Å². The number of aromatic nitrogens is 2. The van der Waals surface area contributed by atoms with Gasteiger partial charge in [0.25, 0.3) is 11.5 Å². The van der Waals surface area contributed by atoms with E-state index in [-0.39, 0.29) is 12.1 Å². The molecule has 0 saturated carbocycles. The zero-order valence-corrected chi connectivity index (χ0v) is 13.3. The summed E-state index contributed by atoms with van der Waals surface area (Å²) < 4.78 is 26.7. The Kier molecular flexibility index (Phi) is 4.74. The fourth-order valence-corrected chi connectivity index (χ4v) is 2.32. The lowest BCUT2D eigenvalue weighted by molar-refractivity contribution is 0.102. The molecule has 3 aromatic rings. The summed E-state index contributed by atoms with van der Waals surface area (Å²) in [5, 5.41) is 2.45. The van der Waals surface area contributed by atoms with Crippen molar-refractivity contribution in [2.45, 2.75) is 6.54 Å². The zero-order chi connectivity index (χ0) is 18.7. The van der Waals surface area contributed by atoms with Gasteiger partial charge in [0.05, 0.1) is 6.54 Å². The molecule has 0 atom stereocenters. The highest BCUT2D eigenvalue weighted by Crippen LogP contribution is 2.09. The van der Waals surface area contributed by atoms with Crippen molar-refractivity contribution in [3.63, 3.8) is 0 Å². The molecule has 0 aliphatic heterocycles. The lowest BCUT2D eigenvalue weighted by atomic mass is 10.2. The summed E-state index contributed by atoms with van der Waals surface area (Å²) in [4.78, 5) is 39.1. The van der Waals surface area contributed by atoms with Crippen LogP contribution in [0.4, 0.5) is 14.5 Å². The normalized spacial score (nSPS) is 10.5. The first-order valence-electron chi connectivity index (χ1n) is 7.58. The Labute approximate surface area is 145 Å². The van der Waals surface area contributed by atoms with Crippen molar-refractivity contribution in [1.29, 1.82) is 0 Å². The molecule has 1 heterocycles. The summed E-state index contributed by atoms with van der Waals surface area (Å²) in [7, 11) is 0. The minimum absolute atomic E-state index is 0.119. The third-order valence-electron chi connectivity index (χ3n) is 3.66. The number of nitrogens with zero attached hydrogens (tertiary/aromatic N) is 1. The number of carbonyl (C=O) groups excluding carboxylic acids is 1. The van der Waals surface area contributed by atoms with E-state index in [9.17, 15) is 23.2 Å². The van der Waals surface area contributed by atoms with E-state index >= 15 is 0 Å². The van der Waals surface area contributed by atoms with Gasteiger partial charge in [-0.05, 0) is 42.0 Å². The number of H-pyrrole nitrogens is 1. The van der Waals surface area contributed by atoms with Gasteiger partial charge < -0.3 is 10.3 Å². The highest BCUT2D eigenvalue weighted by atomic mass is 19.1. The largest absolute Gasteiger partial charge is 0.328 e. The molecule has 0 spiro atoms. The van der Waals surface area contributed by atoms with Crippen LogP contribution in [0.1, 0.15) is 15.9 Å². The topological polar surface area (TPSA) is 84.0 Å². The summed E-state index contributed by atoms with van der Waals surface area (Å²) in [6, 6.07) is 10.3. The van der Waals surface area contributed by atoms with Gasteiger partial charge in [0, 0.05) is 11.9 Å². The number of benzene rings is 2. The Balaban J connectivity index is 1.90. The molecule has 0 unspecified atom stereocenters. The van der Waals surface area contributed by atoms with Crippen LogP contribution >= 0.6 is 0 Å². The number of aromatic amines is 1. The van der Waals surface area contributed by atoms with Crippen LogP contribution in [0.15, 0.2) is 64.3 Å². The van der Waals surface area contributed by atoms with Crippen LogP contribution in [0, 0.1) is 11.6 Å². The van der Waals surface area contributed by atoms with Crippen molar-refractivity contribution < 1.29 is 13.6 Å². The smallest absolute Gasteiger partial charge is 0.322 e. The molecule has 8 heteroatoms. The van der Waals surface area contributed by atoms with Crippen molar-refractivity contribution in [2.75, 3.05) is 5.32 Å². The molecule has 0 bridgehead atoms. The number of amides is 1.